The van der Waals surface area contributed by atoms with Gasteiger partial charge in [0.1, 0.15) is 5.58 Å². The molecule has 0 fully saturated rings. The number of Topliss-reactive ketones (excluding diaryl/α,β-unsaturated/α-hetero) is 1. The first-order chi connectivity index (χ1) is 11.0. The Balaban J connectivity index is 1.93. The topological polar surface area (TPSA) is 59.3 Å². The monoisotopic (exact) mass is 327 g/mol. The van der Waals surface area contributed by atoms with Crippen LogP contribution in [-0.4, -0.2) is 11.7 Å². The third-order valence-electron chi connectivity index (χ3n) is 3.63. The van der Waals surface area contributed by atoms with Gasteiger partial charge in [-0.2, -0.15) is 0 Å². The predicted octanol–water partition coefficient (Wildman–Crippen LogP) is 4.85. The van der Waals surface area contributed by atoms with Crippen molar-refractivity contribution in [2.24, 2.45) is 0 Å². The van der Waals surface area contributed by atoms with E-state index in [0.29, 0.717) is 21.9 Å². The van der Waals surface area contributed by atoms with Crippen LogP contribution in [0.5, 0.6) is 0 Å². The normalized spacial score (nSPS) is 10.7. The van der Waals surface area contributed by atoms with E-state index in [2.05, 4.69) is 5.32 Å². The highest BCUT2D eigenvalue weighted by Gasteiger charge is 2.18. The molecule has 0 saturated heterocycles. The molecule has 23 heavy (non-hydrogen) atoms. The lowest BCUT2D eigenvalue weighted by atomic mass is 10.1. The molecule has 2 aromatic carbocycles. The number of halogens is 1. The van der Waals surface area contributed by atoms with Crippen LogP contribution in [0.25, 0.3) is 11.0 Å². The van der Waals surface area contributed by atoms with E-state index in [4.69, 9.17) is 16.0 Å². The summed E-state index contributed by atoms with van der Waals surface area (Å²) in [6, 6.07) is 12.0. The largest absolute Gasteiger partial charge is 0.451 e. The Morgan fingerprint density at radius 3 is 2.65 bits per heavy atom. The predicted molar refractivity (Wildman–Crippen MR) is 90.4 cm³/mol. The summed E-state index contributed by atoms with van der Waals surface area (Å²) >= 11 is 5.98. The van der Waals surface area contributed by atoms with Crippen molar-refractivity contribution in [2.45, 2.75) is 13.8 Å². The summed E-state index contributed by atoms with van der Waals surface area (Å²) in [6.45, 7) is 3.29. The molecule has 1 N–H and O–H groups in total. The van der Waals surface area contributed by atoms with Crippen molar-refractivity contribution in [1.29, 1.82) is 0 Å². The molecule has 3 rings (SSSR count). The Bertz CT molecular complexity index is 927. The molecule has 0 saturated carbocycles. The van der Waals surface area contributed by atoms with Crippen molar-refractivity contribution in [2.75, 3.05) is 5.32 Å². The summed E-state index contributed by atoms with van der Waals surface area (Å²) in [6.07, 6.45) is 0. The van der Waals surface area contributed by atoms with E-state index in [9.17, 15) is 9.59 Å². The number of carbonyl (C=O) groups is 2. The fraction of sp³-hybridized carbons (Fsp3) is 0.111. The first-order valence-electron chi connectivity index (χ1n) is 7.06. The minimum atomic E-state index is -0.365. The second kappa shape index (κ2) is 5.89. The molecule has 4 nitrogen and oxygen atoms in total. The number of anilines is 1. The van der Waals surface area contributed by atoms with E-state index in [1.807, 2.05) is 6.92 Å². The molecule has 0 unspecified atom stereocenters. The minimum absolute atomic E-state index is 0.0596. The lowest BCUT2D eigenvalue weighted by Gasteiger charge is -2.05. The van der Waals surface area contributed by atoms with Gasteiger partial charge in [-0.25, -0.2) is 0 Å². The van der Waals surface area contributed by atoms with Gasteiger partial charge in [-0.15, -0.1) is 0 Å². The molecule has 0 aliphatic heterocycles. The number of furan rings is 1. The van der Waals surface area contributed by atoms with Crippen molar-refractivity contribution in [3.05, 3.63) is 64.4 Å². The highest BCUT2D eigenvalue weighted by Crippen LogP contribution is 2.28. The molecular formula is C18H14ClNO3. The lowest BCUT2D eigenvalue weighted by Crippen LogP contribution is -2.12. The standard InChI is InChI=1S/C18H14ClNO3/c1-10-15-9-13(19)6-7-16(15)23-17(10)18(22)20-14-5-3-4-12(8-14)11(2)21/h3-9H,1-2H3,(H,20,22). The summed E-state index contributed by atoms with van der Waals surface area (Å²) in [4.78, 5) is 23.9. The molecule has 0 bridgehead atoms. The fourth-order valence-electron chi connectivity index (χ4n) is 2.41. The molecule has 0 spiro atoms. The number of aryl methyl sites for hydroxylation is 1. The van der Waals surface area contributed by atoms with E-state index in [0.717, 1.165) is 10.9 Å². The van der Waals surface area contributed by atoms with Crippen molar-refractivity contribution < 1.29 is 14.0 Å². The number of hydrogen-bond acceptors (Lipinski definition) is 3. The Labute approximate surface area is 138 Å². The highest BCUT2D eigenvalue weighted by atomic mass is 35.5. The van der Waals surface area contributed by atoms with Crippen molar-refractivity contribution in [1.82, 2.24) is 0 Å². The van der Waals surface area contributed by atoms with Crippen LogP contribution >= 0.6 is 11.6 Å². The average Bonchev–Trinajstić information content (AvgIpc) is 2.84. The molecule has 3 aromatic rings. The maximum absolute atomic E-state index is 12.4. The first-order valence-corrected chi connectivity index (χ1v) is 7.44. The molecular weight excluding hydrogens is 314 g/mol. The van der Waals surface area contributed by atoms with Crippen LogP contribution in [0.15, 0.2) is 46.9 Å². The van der Waals surface area contributed by atoms with Crippen molar-refractivity contribution >= 4 is 39.9 Å². The molecule has 0 aliphatic rings. The average molecular weight is 328 g/mol. The van der Waals surface area contributed by atoms with Gasteiger partial charge in [0.15, 0.2) is 11.5 Å². The Morgan fingerprint density at radius 1 is 1.13 bits per heavy atom. The maximum Gasteiger partial charge on any atom is 0.291 e. The Kier molecular flexibility index (Phi) is 3.92. The summed E-state index contributed by atoms with van der Waals surface area (Å²) < 4.78 is 5.63. The number of nitrogens with one attached hydrogen (secondary N) is 1. The number of rotatable bonds is 3. The minimum Gasteiger partial charge on any atom is -0.451 e. The summed E-state index contributed by atoms with van der Waals surface area (Å²) in [5.74, 6) is -0.193. The van der Waals surface area contributed by atoms with E-state index in [-0.39, 0.29) is 17.5 Å². The van der Waals surface area contributed by atoms with E-state index in [1.54, 1.807) is 42.5 Å². The van der Waals surface area contributed by atoms with Gasteiger partial charge >= 0.3 is 0 Å². The van der Waals surface area contributed by atoms with Gasteiger partial charge in [-0.1, -0.05) is 23.7 Å². The zero-order valence-corrected chi connectivity index (χ0v) is 13.4. The quantitative estimate of drug-likeness (QED) is 0.699. The number of benzene rings is 2. The zero-order valence-electron chi connectivity index (χ0n) is 12.6. The van der Waals surface area contributed by atoms with E-state index >= 15 is 0 Å². The number of fused-ring (bicyclic) bond motifs is 1. The van der Waals surface area contributed by atoms with Crippen molar-refractivity contribution in [3.8, 4) is 0 Å². The number of ketones is 1. The van der Waals surface area contributed by atoms with Crippen LogP contribution in [0, 0.1) is 6.92 Å². The van der Waals surface area contributed by atoms with Gasteiger partial charge in [0.05, 0.1) is 0 Å². The second-order valence-corrected chi connectivity index (χ2v) is 5.72. The third-order valence-corrected chi connectivity index (χ3v) is 3.87. The van der Waals surface area contributed by atoms with Gasteiger partial charge in [0.25, 0.3) is 5.91 Å². The molecule has 5 heteroatoms. The molecule has 0 radical (unpaired) electrons. The lowest BCUT2D eigenvalue weighted by molar-refractivity contribution is 0.0993. The van der Waals surface area contributed by atoms with Gasteiger partial charge in [-0.05, 0) is 44.2 Å². The number of carbonyl (C=O) groups excluding carboxylic acids is 2. The Morgan fingerprint density at radius 2 is 1.91 bits per heavy atom. The van der Waals surface area contributed by atoms with Crippen LogP contribution in [0.1, 0.15) is 33.4 Å². The van der Waals surface area contributed by atoms with Crippen LogP contribution < -0.4 is 5.32 Å². The molecule has 1 heterocycles. The molecule has 1 aromatic heterocycles. The smallest absolute Gasteiger partial charge is 0.291 e. The SMILES string of the molecule is CC(=O)c1cccc(NC(=O)c2oc3ccc(Cl)cc3c2C)c1. The third kappa shape index (κ3) is 2.98. The van der Waals surface area contributed by atoms with E-state index in [1.165, 1.54) is 6.92 Å². The van der Waals surface area contributed by atoms with Crippen molar-refractivity contribution in [3.63, 3.8) is 0 Å². The van der Waals surface area contributed by atoms with Gasteiger partial charge in [0, 0.05) is 27.2 Å². The molecule has 0 atom stereocenters. The number of amides is 1. The summed E-state index contributed by atoms with van der Waals surface area (Å²) in [7, 11) is 0. The first kappa shape index (κ1) is 15.3. The molecule has 1 amide bonds. The van der Waals surface area contributed by atoms with Gasteiger partial charge in [-0.3, -0.25) is 9.59 Å². The second-order valence-electron chi connectivity index (χ2n) is 5.29. The van der Waals surface area contributed by atoms with Crippen LogP contribution in [-0.2, 0) is 0 Å². The summed E-state index contributed by atoms with van der Waals surface area (Å²) in [5, 5.41) is 4.14. The Hall–Kier alpha value is -2.59. The molecule has 116 valence electrons. The maximum atomic E-state index is 12.4. The highest BCUT2D eigenvalue weighted by molar-refractivity contribution is 6.31. The van der Waals surface area contributed by atoms with Gasteiger partial charge in [0.2, 0.25) is 0 Å². The number of hydrogen-bond donors (Lipinski definition) is 1. The fourth-order valence-corrected chi connectivity index (χ4v) is 2.59. The zero-order chi connectivity index (χ0) is 16.6. The van der Waals surface area contributed by atoms with Crippen LogP contribution in [0.4, 0.5) is 5.69 Å². The van der Waals surface area contributed by atoms with Gasteiger partial charge < -0.3 is 9.73 Å². The molecule has 0 aliphatic carbocycles. The van der Waals surface area contributed by atoms with Crippen LogP contribution in [0.2, 0.25) is 5.02 Å². The summed E-state index contributed by atoms with van der Waals surface area (Å²) in [5.41, 5.74) is 2.41. The van der Waals surface area contributed by atoms with Crippen LogP contribution in [0.3, 0.4) is 0 Å². The van der Waals surface area contributed by atoms with E-state index < -0.39 is 0 Å².